The maximum absolute atomic E-state index is 12.5. The normalized spacial score (nSPS) is 10.8. The molecule has 0 bridgehead atoms. The number of nitrogens with one attached hydrogen (secondary N) is 2. The molecule has 0 radical (unpaired) electrons. The number of rotatable bonds is 4. The summed E-state index contributed by atoms with van der Waals surface area (Å²) in [5, 5.41) is 14.8. The van der Waals surface area contributed by atoms with Gasteiger partial charge in [-0.15, -0.1) is 0 Å². The van der Waals surface area contributed by atoms with Gasteiger partial charge in [-0.25, -0.2) is 9.97 Å². The van der Waals surface area contributed by atoms with Crippen molar-refractivity contribution in [1.29, 1.82) is 5.26 Å². The molecule has 0 unspecified atom stereocenters. The predicted octanol–water partition coefficient (Wildman–Crippen LogP) is 4.64. The van der Waals surface area contributed by atoms with Gasteiger partial charge in [0.05, 0.1) is 11.6 Å². The Kier molecular flexibility index (Phi) is 5.37. The van der Waals surface area contributed by atoms with E-state index in [0.717, 1.165) is 5.69 Å². The van der Waals surface area contributed by atoms with Crippen molar-refractivity contribution < 1.29 is 4.79 Å². The van der Waals surface area contributed by atoms with Crippen LogP contribution in [-0.2, 0) is 5.41 Å². The number of benzene rings is 2. The molecule has 0 aliphatic rings. The molecule has 0 aliphatic carbocycles. The Hall–Kier alpha value is -3.72. The van der Waals surface area contributed by atoms with Gasteiger partial charge >= 0.3 is 0 Å². The highest BCUT2D eigenvalue weighted by atomic mass is 16.1. The SMILES string of the molecule is CC(C)(C)c1ccc(NC(=O)c2cc(Nc3ccc(C#N)cc3)ncn2)cc1. The number of hydrogen-bond donors (Lipinski definition) is 2. The Bertz CT molecular complexity index is 1010. The number of anilines is 3. The molecule has 0 fully saturated rings. The molecular weight excluding hydrogens is 350 g/mol. The van der Waals surface area contributed by atoms with Gasteiger partial charge < -0.3 is 10.6 Å². The Morgan fingerprint density at radius 2 is 1.61 bits per heavy atom. The van der Waals surface area contributed by atoms with E-state index in [-0.39, 0.29) is 17.0 Å². The van der Waals surface area contributed by atoms with E-state index in [2.05, 4.69) is 47.4 Å². The van der Waals surface area contributed by atoms with E-state index in [4.69, 9.17) is 5.26 Å². The first-order valence-corrected chi connectivity index (χ1v) is 8.86. The molecule has 6 nitrogen and oxygen atoms in total. The highest BCUT2D eigenvalue weighted by Gasteiger charge is 2.14. The van der Waals surface area contributed by atoms with Gasteiger partial charge in [0, 0.05) is 17.4 Å². The second kappa shape index (κ2) is 7.89. The average Bonchev–Trinajstić information content (AvgIpc) is 2.68. The fourth-order valence-electron chi connectivity index (χ4n) is 2.57. The first kappa shape index (κ1) is 19.1. The third-order valence-electron chi connectivity index (χ3n) is 4.19. The van der Waals surface area contributed by atoms with Gasteiger partial charge in [0.15, 0.2) is 0 Å². The summed E-state index contributed by atoms with van der Waals surface area (Å²) >= 11 is 0. The number of hydrogen-bond acceptors (Lipinski definition) is 5. The molecule has 3 aromatic rings. The summed E-state index contributed by atoms with van der Waals surface area (Å²) < 4.78 is 0. The van der Waals surface area contributed by atoms with Gasteiger partial charge in [0.1, 0.15) is 17.8 Å². The molecule has 0 aliphatic heterocycles. The first-order valence-electron chi connectivity index (χ1n) is 8.86. The molecule has 1 amide bonds. The van der Waals surface area contributed by atoms with Crippen LogP contribution in [-0.4, -0.2) is 15.9 Å². The van der Waals surface area contributed by atoms with Crippen molar-refractivity contribution in [3.8, 4) is 6.07 Å². The Morgan fingerprint density at radius 3 is 2.21 bits per heavy atom. The molecule has 3 rings (SSSR count). The van der Waals surface area contributed by atoms with Crippen molar-refractivity contribution in [3.05, 3.63) is 77.7 Å². The van der Waals surface area contributed by atoms with Crippen LogP contribution in [0.5, 0.6) is 0 Å². The summed E-state index contributed by atoms with van der Waals surface area (Å²) in [6, 6.07) is 18.4. The Balaban J connectivity index is 1.70. The minimum absolute atomic E-state index is 0.0568. The molecule has 28 heavy (non-hydrogen) atoms. The Labute approximate surface area is 164 Å². The Morgan fingerprint density at radius 1 is 0.964 bits per heavy atom. The molecule has 2 aromatic carbocycles. The van der Waals surface area contributed by atoms with Gasteiger partial charge in [-0.2, -0.15) is 5.26 Å². The maximum Gasteiger partial charge on any atom is 0.274 e. The molecule has 2 N–H and O–H groups in total. The van der Waals surface area contributed by atoms with Gasteiger partial charge in [-0.3, -0.25) is 4.79 Å². The van der Waals surface area contributed by atoms with Crippen LogP contribution in [0.15, 0.2) is 60.9 Å². The zero-order valence-corrected chi connectivity index (χ0v) is 16.0. The minimum atomic E-state index is -0.311. The molecule has 6 heteroatoms. The lowest BCUT2D eigenvalue weighted by atomic mass is 9.87. The third-order valence-corrected chi connectivity index (χ3v) is 4.19. The quantitative estimate of drug-likeness (QED) is 0.697. The number of nitrogens with zero attached hydrogens (tertiary/aromatic N) is 3. The summed E-state index contributed by atoms with van der Waals surface area (Å²) in [5.74, 6) is 0.182. The zero-order valence-electron chi connectivity index (χ0n) is 16.0. The summed E-state index contributed by atoms with van der Waals surface area (Å²) in [5.41, 5.74) is 3.56. The third kappa shape index (κ3) is 4.71. The minimum Gasteiger partial charge on any atom is -0.340 e. The zero-order chi connectivity index (χ0) is 20.1. The molecule has 0 atom stereocenters. The predicted molar refractivity (Wildman–Crippen MR) is 110 cm³/mol. The van der Waals surface area contributed by atoms with Crippen LogP contribution in [0, 0.1) is 11.3 Å². The second-order valence-electron chi connectivity index (χ2n) is 7.38. The fraction of sp³-hybridized carbons (Fsp3) is 0.182. The summed E-state index contributed by atoms with van der Waals surface area (Å²) in [7, 11) is 0. The average molecular weight is 371 g/mol. The van der Waals surface area contributed by atoms with Crippen LogP contribution < -0.4 is 10.6 Å². The van der Waals surface area contributed by atoms with Gasteiger partial charge in [-0.05, 0) is 47.4 Å². The highest BCUT2D eigenvalue weighted by molar-refractivity contribution is 6.03. The molecule has 0 spiro atoms. The van der Waals surface area contributed by atoms with Gasteiger partial charge in [0.25, 0.3) is 5.91 Å². The number of carbonyl (C=O) groups excluding carboxylic acids is 1. The van der Waals surface area contributed by atoms with E-state index in [9.17, 15) is 4.79 Å². The van der Waals surface area contributed by atoms with Crippen molar-refractivity contribution >= 4 is 23.1 Å². The number of carbonyl (C=O) groups is 1. The van der Waals surface area contributed by atoms with Crippen molar-refractivity contribution in [1.82, 2.24) is 9.97 Å². The van der Waals surface area contributed by atoms with E-state index < -0.39 is 0 Å². The topological polar surface area (TPSA) is 90.7 Å². The largest absolute Gasteiger partial charge is 0.340 e. The van der Waals surface area contributed by atoms with Crippen molar-refractivity contribution in [2.24, 2.45) is 0 Å². The molecule has 1 aromatic heterocycles. The summed E-state index contributed by atoms with van der Waals surface area (Å²) in [4.78, 5) is 20.7. The van der Waals surface area contributed by atoms with Crippen molar-refractivity contribution in [3.63, 3.8) is 0 Å². The van der Waals surface area contributed by atoms with Crippen LogP contribution in [0.3, 0.4) is 0 Å². The van der Waals surface area contributed by atoms with Crippen LogP contribution in [0.25, 0.3) is 0 Å². The van der Waals surface area contributed by atoms with E-state index >= 15 is 0 Å². The maximum atomic E-state index is 12.5. The number of aromatic nitrogens is 2. The highest BCUT2D eigenvalue weighted by Crippen LogP contribution is 2.23. The van der Waals surface area contributed by atoms with E-state index in [1.807, 2.05) is 24.3 Å². The van der Waals surface area contributed by atoms with Crippen molar-refractivity contribution in [2.45, 2.75) is 26.2 Å². The van der Waals surface area contributed by atoms with E-state index in [1.54, 1.807) is 30.3 Å². The van der Waals surface area contributed by atoms with E-state index in [1.165, 1.54) is 11.9 Å². The van der Waals surface area contributed by atoms with Crippen LogP contribution in [0.4, 0.5) is 17.2 Å². The van der Waals surface area contributed by atoms with Gasteiger partial charge in [-0.1, -0.05) is 32.9 Å². The summed E-state index contributed by atoms with van der Waals surface area (Å²) in [6.07, 6.45) is 1.34. The number of amides is 1. The molecule has 140 valence electrons. The number of nitriles is 1. The lowest BCUT2D eigenvalue weighted by molar-refractivity contribution is 0.102. The molecule has 1 heterocycles. The molecule has 0 saturated heterocycles. The van der Waals surface area contributed by atoms with E-state index in [0.29, 0.717) is 17.1 Å². The standard InChI is InChI=1S/C22H21N5O/c1-22(2,3)16-6-10-18(11-7-16)27-21(28)19-12-20(25-14-24-19)26-17-8-4-15(13-23)5-9-17/h4-12,14H,1-3H3,(H,27,28)(H,24,25,26). The lowest BCUT2D eigenvalue weighted by Crippen LogP contribution is -2.15. The van der Waals surface area contributed by atoms with Crippen LogP contribution in [0.1, 0.15) is 42.4 Å². The first-order chi connectivity index (χ1) is 13.3. The van der Waals surface area contributed by atoms with Gasteiger partial charge in [0.2, 0.25) is 0 Å². The van der Waals surface area contributed by atoms with Crippen LogP contribution >= 0.6 is 0 Å². The smallest absolute Gasteiger partial charge is 0.274 e. The second-order valence-corrected chi connectivity index (χ2v) is 7.38. The van der Waals surface area contributed by atoms with Crippen molar-refractivity contribution in [2.75, 3.05) is 10.6 Å². The lowest BCUT2D eigenvalue weighted by Gasteiger charge is -2.19. The fourth-order valence-corrected chi connectivity index (χ4v) is 2.57. The summed E-state index contributed by atoms with van der Waals surface area (Å²) in [6.45, 7) is 6.43. The molecule has 0 saturated carbocycles. The monoisotopic (exact) mass is 371 g/mol. The molecular formula is C22H21N5O. The van der Waals surface area contributed by atoms with Crippen LogP contribution in [0.2, 0.25) is 0 Å².